The lowest BCUT2D eigenvalue weighted by molar-refractivity contribution is -0.132. The number of nitrogens with one attached hydrogen (secondary N) is 1. The van der Waals surface area contributed by atoms with Crippen LogP contribution in [0.2, 0.25) is 0 Å². The molecule has 3 nitrogen and oxygen atoms in total. The lowest BCUT2D eigenvalue weighted by atomic mass is 9.93. The van der Waals surface area contributed by atoms with Crippen LogP contribution >= 0.6 is 0 Å². The Hall–Kier alpha value is -0.570. The van der Waals surface area contributed by atoms with Crippen molar-refractivity contribution in [2.75, 3.05) is 19.6 Å². The van der Waals surface area contributed by atoms with Crippen molar-refractivity contribution < 1.29 is 4.79 Å². The van der Waals surface area contributed by atoms with Crippen molar-refractivity contribution in [2.45, 2.75) is 38.6 Å². The van der Waals surface area contributed by atoms with Gasteiger partial charge in [-0.05, 0) is 31.7 Å². The molecule has 2 aliphatic rings. The Morgan fingerprint density at radius 2 is 2.36 bits per heavy atom. The molecule has 0 aromatic rings. The highest BCUT2D eigenvalue weighted by molar-refractivity contribution is 5.76. The predicted molar refractivity (Wildman–Crippen MR) is 56.0 cm³/mol. The number of likely N-dealkylation sites (tertiary alicyclic amines) is 1. The van der Waals surface area contributed by atoms with Gasteiger partial charge in [-0.15, -0.1) is 0 Å². The number of carbonyl (C=O) groups is 1. The number of rotatable bonds is 2. The molecule has 0 aromatic heterocycles. The van der Waals surface area contributed by atoms with Crippen LogP contribution in [-0.2, 0) is 4.79 Å². The monoisotopic (exact) mass is 196 g/mol. The van der Waals surface area contributed by atoms with Crippen LogP contribution in [0.25, 0.3) is 0 Å². The first-order valence-electron chi connectivity index (χ1n) is 5.83. The molecule has 0 bridgehead atoms. The van der Waals surface area contributed by atoms with Gasteiger partial charge in [0.2, 0.25) is 5.91 Å². The Balaban J connectivity index is 1.96. The molecule has 0 unspecified atom stereocenters. The predicted octanol–water partition coefficient (Wildman–Crippen LogP) is 0.997. The average Bonchev–Trinajstić information content (AvgIpc) is 2.61. The van der Waals surface area contributed by atoms with Crippen LogP contribution in [0.4, 0.5) is 0 Å². The van der Waals surface area contributed by atoms with Gasteiger partial charge in [-0.1, -0.05) is 6.92 Å². The van der Waals surface area contributed by atoms with Crippen LogP contribution in [0.1, 0.15) is 32.6 Å². The zero-order chi connectivity index (χ0) is 9.97. The van der Waals surface area contributed by atoms with Crippen molar-refractivity contribution in [3.8, 4) is 0 Å². The van der Waals surface area contributed by atoms with E-state index in [0.29, 0.717) is 11.9 Å². The van der Waals surface area contributed by atoms with Crippen molar-refractivity contribution in [2.24, 2.45) is 5.92 Å². The lowest BCUT2D eigenvalue weighted by Gasteiger charge is -2.32. The molecule has 14 heavy (non-hydrogen) atoms. The van der Waals surface area contributed by atoms with Crippen LogP contribution in [-0.4, -0.2) is 36.5 Å². The Morgan fingerprint density at radius 1 is 1.50 bits per heavy atom. The summed E-state index contributed by atoms with van der Waals surface area (Å²) < 4.78 is 0. The summed E-state index contributed by atoms with van der Waals surface area (Å²) in [5.41, 5.74) is 0. The van der Waals surface area contributed by atoms with Crippen LogP contribution in [0.5, 0.6) is 0 Å². The third kappa shape index (κ3) is 1.78. The van der Waals surface area contributed by atoms with E-state index in [9.17, 15) is 4.79 Å². The summed E-state index contributed by atoms with van der Waals surface area (Å²) in [6.45, 7) is 5.22. The van der Waals surface area contributed by atoms with Crippen molar-refractivity contribution in [3.05, 3.63) is 0 Å². The first kappa shape index (κ1) is 9.97. The standard InChI is InChI=1S/C11H20N2O/c1-2-3-11(14)13-7-5-9-4-6-12-8-10(9)13/h9-10,12H,2-8H2,1H3/t9-,10-/m1/s1. The average molecular weight is 196 g/mol. The summed E-state index contributed by atoms with van der Waals surface area (Å²) in [6, 6.07) is 0.503. The summed E-state index contributed by atoms with van der Waals surface area (Å²) in [5.74, 6) is 1.14. The highest BCUT2D eigenvalue weighted by atomic mass is 16.2. The number of fused-ring (bicyclic) bond motifs is 1. The molecule has 2 rings (SSSR count). The van der Waals surface area contributed by atoms with Gasteiger partial charge < -0.3 is 10.2 Å². The van der Waals surface area contributed by atoms with E-state index in [1.54, 1.807) is 0 Å². The van der Waals surface area contributed by atoms with E-state index in [1.807, 2.05) is 0 Å². The van der Waals surface area contributed by atoms with E-state index >= 15 is 0 Å². The van der Waals surface area contributed by atoms with Gasteiger partial charge in [-0.2, -0.15) is 0 Å². The quantitative estimate of drug-likeness (QED) is 0.714. The molecular weight excluding hydrogens is 176 g/mol. The number of amides is 1. The van der Waals surface area contributed by atoms with E-state index in [0.717, 1.165) is 38.4 Å². The highest BCUT2D eigenvalue weighted by Crippen LogP contribution is 2.29. The zero-order valence-electron chi connectivity index (χ0n) is 8.96. The van der Waals surface area contributed by atoms with Gasteiger partial charge in [0.1, 0.15) is 0 Å². The van der Waals surface area contributed by atoms with Crippen molar-refractivity contribution in [1.82, 2.24) is 10.2 Å². The van der Waals surface area contributed by atoms with Gasteiger partial charge in [0.05, 0.1) is 0 Å². The smallest absolute Gasteiger partial charge is 0.222 e. The van der Waals surface area contributed by atoms with Gasteiger partial charge >= 0.3 is 0 Å². The van der Waals surface area contributed by atoms with E-state index in [1.165, 1.54) is 12.8 Å². The second-order valence-corrected chi connectivity index (χ2v) is 4.45. The minimum atomic E-state index is 0.365. The third-order valence-electron chi connectivity index (χ3n) is 3.51. The fraction of sp³-hybridized carbons (Fsp3) is 0.909. The van der Waals surface area contributed by atoms with Crippen LogP contribution in [0.15, 0.2) is 0 Å². The molecule has 0 radical (unpaired) electrons. The summed E-state index contributed by atoms with van der Waals surface area (Å²) in [7, 11) is 0. The molecule has 3 heteroatoms. The molecule has 0 aliphatic carbocycles. The minimum absolute atomic E-state index is 0.365. The largest absolute Gasteiger partial charge is 0.338 e. The Kier molecular flexibility index (Phi) is 3.06. The fourth-order valence-corrected chi connectivity index (χ4v) is 2.74. The number of nitrogens with zero attached hydrogens (tertiary/aromatic N) is 1. The van der Waals surface area contributed by atoms with Gasteiger partial charge in [-0.25, -0.2) is 0 Å². The third-order valence-corrected chi connectivity index (χ3v) is 3.51. The maximum Gasteiger partial charge on any atom is 0.222 e. The topological polar surface area (TPSA) is 32.3 Å². The summed E-state index contributed by atoms with van der Waals surface area (Å²) in [4.78, 5) is 13.9. The molecule has 1 amide bonds. The number of carbonyl (C=O) groups excluding carboxylic acids is 1. The Morgan fingerprint density at radius 3 is 3.14 bits per heavy atom. The van der Waals surface area contributed by atoms with Crippen molar-refractivity contribution in [1.29, 1.82) is 0 Å². The summed E-state index contributed by atoms with van der Waals surface area (Å²) in [5, 5.41) is 3.39. The molecule has 2 heterocycles. The second-order valence-electron chi connectivity index (χ2n) is 4.45. The van der Waals surface area contributed by atoms with E-state index in [4.69, 9.17) is 0 Å². The molecule has 0 saturated carbocycles. The van der Waals surface area contributed by atoms with Crippen molar-refractivity contribution >= 4 is 5.91 Å². The molecule has 2 aliphatic heterocycles. The molecule has 80 valence electrons. The Bertz CT molecular complexity index is 217. The molecule has 0 spiro atoms. The SMILES string of the molecule is CCCC(=O)N1CC[C@H]2CCNC[C@H]21. The second kappa shape index (κ2) is 4.30. The first-order valence-corrected chi connectivity index (χ1v) is 5.83. The van der Waals surface area contributed by atoms with Crippen LogP contribution in [0, 0.1) is 5.92 Å². The van der Waals surface area contributed by atoms with Crippen LogP contribution < -0.4 is 5.32 Å². The molecule has 2 saturated heterocycles. The molecule has 0 aromatic carbocycles. The normalized spacial score (nSPS) is 31.6. The van der Waals surface area contributed by atoms with Gasteiger partial charge in [-0.3, -0.25) is 4.79 Å². The van der Waals surface area contributed by atoms with Gasteiger partial charge in [0, 0.05) is 25.6 Å². The molecule has 2 fully saturated rings. The number of piperidine rings is 1. The van der Waals surface area contributed by atoms with E-state index in [-0.39, 0.29) is 0 Å². The Labute approximate surface area is 85.8 Å². The van der Waals surface area contributed by atoms with E-state index in [2.05, 4.69) is 17.1 Å². The molecule has 2 atom stereocenters. The molecular formula is C11H20N2O. The first-order chi connectivity index (χ1) is 6.83. The molecule has 1 N–H and O–H groups in total. The van der Waals surface area contributed by atoms with Gasteiger partial charge in [0.15, 0.2) is 0 Å². The fourth-order valence-electron chi connectivity index (χ4n) is 2.74. The van der Waals surface area contributed by atoms with Gasteiger partial charge in [0.25, 0.3) is 0 Å². The maximum atomic E-state index is 11.8. The number of hydrogen-bond acceptors (Lipinski definition) is 2. The maximum absolute atomic E-state index is 11.8. The summed E-state index contributed by atoms with van der Waals surface area (Å²) >= 11 is 0. The zero-order valence-corrected chi connectivity index (χ0v) is 8.96. The van der Waals surface area contributed by atoms with E-state index < -0.39 is 0 Å². The minimum Gasteiger partial charge on any atom is -0.338 e. The highest BCUT2D eigenvalue weighted by Gasteiger charge is 2.37. The van der Waals surface area contributed by atoms with Crippen molar-refractivity contribution in [3.63, 3.8) is 0 Å². The lowest BCUT2D eigenvalue weighted by Crippen LogP contribution is -2.47. The number of hydrogen-bond donors (Lipinski definition) is 1. The van der Waals surface area contributed by atoms with Crippen LogP contribution in [0.3, 0.4) is 0 Å². The summed E-state index contributed by atoms with van der Waals surface area (Å²) in [6.07, 6.45) is 4.17.